The third-order valence-electron chi connectivity index (χ3n) is 6.20. The van der Waals surface area contributed by atoms with Crippen LogP contribution in [0, 0.1) is 19.7 Å². The molecule has 0 aliphatic carbocycles. The molecule has 3 aromatic rings. The predicted molar refractivity (Wildman–Crippen MR) is 166 cm³/mol. The van der Waals surface area contributed by atoms with Gasteiger partial charge in [0.1, 0.15) is 5.82 Å². The number of aromatic amines is 1. The first-order valence-corrected chi connectivity index (χ1v) is 14.4. The van der Waals surface area contributed by atoms with E-state index in [0.717, 1.165) is 23.5 Å². The van der Waals surface area contributed by atoms with Gasteiger partial charge in [0, 0.05) is 41.2 Å². The van der Waals surface area contributed by atoms with E-state index in [4.69, 9.17) is 11.6 Å². The quantitative estimate of drug-likeness (QED) is 0.246. The van der Waals surface area contributed by atoms with Gasteiger partial charge in [0.15, 0.2) is 0 Å². The number of aromatic nitrogens is 1. The van der Waals surface area contributed by atoms with Crippen LogP contribution in [-0.2, 0) is 9.59 Å². The molecule has 0 radical (unpaired) electrons. The van der Waals surface area contributed by atoms with Gasteiger partial charge in [-0.1, -0.05) is 56.6 Å². The molecule has 3 heterocycles. The van der Waals surface area contributed by atoms with Gasteiger partial charge in [0.25, 0.3) is 5.91 Å². The fourth-order valence-corrected chi connectivity index (χ4v) is 4.49. The topological polar surface area (TPSA) is 86.0 Å². The Kier molecular flexibility index (Phi) is 13.6. The second-order valence-corrected chi connectivity index (χ2v) is 9.56. The van der Waals surface area contributed by atoms with Gasteiger partial charge in [-0.3, -0.25) is 9.59 Å². The summed E-state index contributed by atoms with van der Waals surface area (Å²) in [7, 11) is 0. The van der Waals surface area contributed by atoms with E-state index in [1.807, 2.05) is 59.8 Å². The molecule has 5 rings (SSSR count). The molecule has 2 amide bonds. The molecule has 2 aromatic carbocycles. The van der Waals surface area contributed by atoms with E-state index in [-0.39, 0.29) is 16.8 Å². The zero-order chi connectivity index (χ0) is 29.7. The molecule has 1 saturated heterocycles. The van der Waals surface area contributed by atoms with Crippen molar-refractivity contribution in [3.8, 4) is 11.1 Å². The lowest BCUT2D eigenvalue weighted by atomic mass is 9.94. The zero-order valence-corrected chi connectivity index (χ0v) is 25.2. The van der Waals surface area contributed by atoms with Crippen molar-refractivity contribution in [2.75, 3.05) is 25.0 Å². The minimum atomic E-state index is -0.492. The Morgan fingerprint density at radius 1 is 1.05 bits per heavy atom. The van der Waals surface area contributed by atoms with Crippen molar-refractivity contribution in [2.24, 2.45) is 0 Å². The van der Waals surface area contributed by atoms with Crippen molar-refractivity contribution in [2.45, 2.75) is 60.8 Å². The number of benzene rings is 2. The van der Waals surface area contributed by atoms with Crippen LogP contribution < -0.4 is 16.0 Å². The van der Waals surface area contributed by atoms with Crippen molar-refractivity contribution in [1.82, 2.24) is 15.6 Å². The molecule has 1 aromatic heterocycles. The lowest BCUT2D eigenvalue weighted by molar-refractivity contribution is -0.120. The monoisotopic (exact) mass is 568 g/mol. The zero-order valence-electron chi connectivity index (χ0n) is 24.4. The number of hydrogen-bond donors (Lipinski definition) is 4. The van der Waals surface area contributed by atoms with Crippen LogP contribution in [0.15, 0.2) is 42.5 Å². The fourth-order valence-electron chi connectivity index (χ4n) is 4.31. The van der Waals surface area contributed by atoms with Gasteiger partial charge in [-0.2, -0.15) is 0 Å². The number of fused-ring (bicyclic) bond motifs is 1. The smallest absolute Gasteiger partial charge is 0.256 e. The van der Waals surface area contributed by atoms with Crippen molar-refractivity contribution in [1.29, 1.82) is 0 Å². The molecule has 8 heteroatoms. The summed E-state index contributed by atoms with van der Waals surface area (Å²) in [5.41, 5.74) is 5.78. The average molecular weight is 569 g/mol. The summed E-state index contributed by atoms with van der Waals surface area (Å²) in [5, 5.41) is 8.79. The van der Waals surface area contributed by atoms with Gasteiger partial charge in [-0.05, 0) is 82.1 Å². The first-order valence-electron chi connectivity index (χ1n) is 14.0. The van der Waals surface area contributed by atoms with Gasteiger partial charge in [0.2, 0.25) is 5.91 Å². The molecule has 6 nitrogen and oxygen atoms in total. The summed E-state index contributed by atoms with van der Waals surface area (Å²) >= 11 is 5.96. The van der Waals surface area contributed by atoms with Crippen LogP contribution in [0.5, 0.6) is 0 Å². The molecule has 0 atom stereocenters. The number of hydrogen-bond acceptors (Lipinski definition) is 3. The number of H-pyrrole nitrogens is 1. The highest BCUT2D eigenvalue weighted by molar-refractivity contribution is 6.36. The molecular formula is C32H42ClFN4O2. The summed E-state index contributed by atoms with van der Waals surface area (Å²) < 4.78 is 14.6. The predicted octanol–water partition coefficient (Wildman–Crippen LogP) is 7.51. The molecule has 2 aliphatic rings. The van der Waals surface area contributed by atoms with E-state index >= 15 is 0 Å². The van der Waals surface area contributed by atoms with Crippen molar-refractivity contribution in [3.05, 3.63) is 75.8 Å². The highest BCUT2D eigenvalue weighted by Gasteiger charge is 2.28. The summed E-state index contributed by atoms with van der Waals surface area (Å²) in [6.07, 6.45) is 5.18. The first kappa shape index (κ1) is 32.8. The maximum atomic E-state index is 14.6. The Morgan fingerprint density at radius 2 is 1.70 bits per heavy atom. The largest absolute Gasteiger partial charge is 0.359 e. The van der Waals surface area contributed by atoms with Crippen molar-refractivity contribution < 1.29 is 14.0 Å². The van der Waals surface area contributed by atoms with E-state index in [2.05, 4.69) is 20.9 Å². The Balaban J connectivity index is 0.000000331. The molecule has 40 heavy (non-hydrogen) atoms. The number of carbonyl (C=O) groups excluding carboxylic acids is 2. The molecule has 0 unspecified atom stereocenters. The summed E-state index contributed by atoms with van der Waals surface area (Å²) in [4.78, 5) is 26.1. The number of carbonyl (C=O) groups is 2. The minimum Gasteiger partial charge on any atom is -0.359 e. The number of nitrogens with one attached hydrogen (secondary N) is 4. The average Bonchev–Trinajstić information content (AvgIpc) is 3.70. The van der Waals surface area contributed by atoms with Gasteiger partial charge < -0.3 is 20.9 Å². The Bertz CT molecular complexity index is 1300. The number of halogens is 2. The van der Waals surface area contributed by atoms with E-state index in [1.54, 1.807) is 24.3 Å². The summed E-state index contributed by atoms with van der Waals surface area (Å²) in [5.74, 6) is -0.572. The van der Waals surface area contributed by atoms with Crippen LogP contribution in [0.4, 0.5) is 10.1 Å². The maximum absolute atomic E-state index is 14.6. The van der Waals surface area contributed by atoms with Gasteiger partial charge in [0.05, 0.1) is 10.6 Å². The maximum Gasteiger partial charge on any atom is 0.256 e. The standard InChI is InChI=1S/C21H16ClFN2O.C5H11NO.C4H9N.C2H6/c1-11-9-12(2)24-18(11)10-15-19-13(5-4-8-17(19)25-21(15)26)14-6-3-7-16(22)20(14)23;1-3-5(7)6-4-2;1-2-4-5-3-1;1-2/h3-10,24H,1-2H3,(H,25,26);3-4H2,1-2H3,(H,6,7);5H,1-4H2;1-2H3/b15-10-;;;. The van der Waals surface area contributed by atoms with Gasteiger partial charge >= 0.3 is 0 Å². The second kappa shape index (κ2) is 16.6. The molecule has 216 valence electrons. The van der Waals surface area contributed by atoms with Gasteiger partial charge in [-0.25, -0.2) is 4.39 Å². The van der Waals surface area contributed by atoms with Gasteiger partial charge in [-0.15, -0.1) is 0 Å². The lowest BCUT2D eigenvalue weighted by Gasteiger charge is -2.10. The summed E-state index contributed by atoms with van der Waals surface area (Å²) in [6.45, 7) is 14.9. The normalized spacial score (nSPS) is 14.1. The molecule has 0 spiro atoms. The van der Waals surface area contributed by atoms with Crippen LogP contribution in [0.1, 0.15) is 69.5 Å². The number of amides is 2. The molecule has 0 bridgehead atoms. The third kappa shape index (κ3) is 8.80. The SMILES string of the molecule is C1CCNC1.CC.CCNC(=O)CC.Cc1cc(C)c(/C=C2\C(=O)Nc3cccc(-c4cccc(Cl)c4F)c32)[nH]1. The van der Waals surface area contributed by atoms with Crippen LogP contribution >= 0.6 is 11.6 Å². The highest BCUT2D eigenvalue weighted by atomic mass is 35.5. The Labute approximate surface area is 242 Å². The fraction of sp³-hybridized carbons (Fsp3) is 0.375. The van der Waals surface area contributed by atoms with Crippen molar-refractivity contribution >= 4 is 40.8 Å². The van der Waals surface area contributed by atoms with Crippen LogP contribution in [0.25, 0.3) is 22.8 Å². The lowest BCUT2D eigenvalue weighted by Crippen LogP contribution is -2.20. The Morgan fingerprint density at radius 3 is 2.23 bits per heavy atom. The Hall–Kier alpha value is -3.42. The van der Waals surface area contributed by atoms with E-state index < -0.39 is 5.82 Å². The summed E-state index contributed by atoms with van der Waals surface area (Å²) in [6, 6.07) is 12.3. The number of anilines is 1. The molecule has 2 aliphatic heterocycles. The molecule has 0 saturated carbocycles. The van der Waals surface area contributed by atoms with Crippen LogP contribution in [-0.4, -0.2) is 36.4 Å². The minimum absolute atomic E-state index is 0.0544. The molecular weight excluding hydrogens is 527 g/mol. The second-order valence-electron chi connectivity index (χ2n) is 9.15. The molecule has 4 N–H and O–H groups in total. The first-order chi connectivity index (χ1) is 19.3. The number of rotatable bonds is 4. The van der Waals surface area contributed by atoms with E-state index in [0.29, 0.717) is 34.4 Å². The van der Waals surface area contributed by atoms with Crippen molar-refractivity contribution in [3.63, 3.8) is 0 Å². The van der Waals surface area contributed by atoms with Crippen LogP contribution in [0.3, 0.4) is 0 Å². The van der Waals surface area contributed by atoms with Crippen LogP contribution in [0.2, 0.25) is 5.02 Å². The van der Waals surface area contributed by atoms with E-state index in [9.17, 15) is 14.0 Å². The number of aryl methyl sites for hydroxylation is 2. The third-order valence-corrected chi connectivity index (χ3v) is 6.49. The highest BCUT2D eigenvalue weighted by Crippen LogP contribution is 2.42. The van der Waals surface area contributed by atoms with E-state index in [1.165, 1.54) is 32.0 Å². The molecule has 1 fully saturated rings.